The Kier molecular flexibility index (Phi) is 9.97. The molecule has 0 aliphatic heterocycles. The molecule has 0 saturated heterocycles. The molecule has 274 valence electrons. The van der Waals surface area contributed by atoms with E-state index < -0.39 is 0 Å². The van der Waals surface area contributed by atoms with Crippen LogP contribution in [-0.4, -0.2) is 7.11 Å². The van der Waals surface area contributed by atoms with Gasteiger partial charge in [0.25, 0.3) is 0 Å². The van der Waals surface area contributed by atoms with Gasteiger partial charge in [-0.15, -0.1) is 28.0 Å². The predicted octanol–water partition coefficient (Wildman–Crippen LogP) is 14.0. The summed E-state index contributed by atoms with van der Waals surface area (Å²) in [5.41, 5.74) is 26.1. The van der Waals surface area contributed by atoms with Crippen molar-refractivity contribution in [1.29, 1.82) is 0 Å². The molecule has 2 aliphatic rings. The molecule has 0 bridgehead atoms. The largest absolute Gasteiger partial charge is 0.498 e. The number of aryl methyl sites for hydroxylation is 7. The van der Waals surface area contributed by atoms with E-state index in [0.29, 0.717) is 5.92 Å². The van der Waals surface area contributed by atoms with Crippen LogP contribution in [0.4, 0.5) is 0 Å². The van der Waals surface area contributed by atoms with E-state index in [9.17, 15) is 0 Å². The smallest absolute Gasteiger partial charge is 0.111 e. The molecule has 2 aliphatic carbocycles. The molecule has 0 aromatic heterocycles. The van der Waals surface area contributed by atoms with Crippen molar-refractivity contribution in [3.05, 3.63) is 156 Å². The fourth-order valence-corrected chi connectivity index (χ4v) is 10.2. The molecule has 0 saturated carbocycles. The van der Waals surface area contributed by atoms with Gasteiger partial charge < -0.3 is 4.74 Å². The van der Waals surface area contributed by atoms with Crippen molar-refractivity contribution in [2.24, 2.45) is 0 Å². The number of allylic oxidation sites excluding steroid dienone is 1. The zero-order valence-electron chi connectivity index (χ0n) is 34.5. The van der Waals surface area contributed by atoms with Crippen molar-refractivity contribution in [1.82, 2.24) is 0 Å². The topological polar surface area (TPSA) is 9.23 Å². The van der Waals surface area contributed by atoms with Crippen molar-refractivity contribution in [2.45, 2.75) is 106 Å². The molecule has 0 amide bonds. The predicted molar refractivity (Wildman–Crippen MR) is 227 cm³/mol. The third-order valence-electron chi connectivity index (χ3n) is 12.5. The Morgan fingerprint density at radius 3 is 1.81 bits per heavy atom. The average Bonchev–Trinajstić information content (AvgIpc) is 3.74. The van der Waals surface area contributed by atoms with Crippen molar-refractivity contribution < 1.29 is 30.9 Å². The minimum Gasteiger partial charge on any atom is -0.498 e. The van der Waals surface area contributed by atoms with E-state index in [0.717, 1.165) is 18.6 Å². The van der Waals surface area contributed by atoms with Crippen LogP contribution in [0.3, 0.4) is 0 Å². The molecule has 2 heteroatoms. The van der Waals surface area contributed by atoms with Crippen molar-refractivity contribution in [3.63, 3.8) is 0 Å². The second-order valence-electron chi connectivity index (χ2n) is 17.5. The van der Waals surface area contributed by atoms with Crippen molar-refractivity contribution in [3.8, 4) is 28.0 Å². The molecule has 0 fully saturated rings. The van der Waals surface area contributed by atoms with E-state index in [4.69, 9.17) is 4.74 Å². The molecule has 2 atom stereocenters. The zero-order valence-corrected chi connectivity index (χ0v) is 36.9. The molecule has 0 radical (unpaired) electrons. The van der Waals surface area contributed by atoms with Crippen LogP contribution in [0.5, 0.6) is 5.75 Å². The fourth-order valence-electron chi connectivity index (χ4n) is 10.2. The summed E-state index contributed by atoms with van der Waals surface area (Å²) in [6.45, 7) is 25.1. The Hall–Kier alpha value is -3.87. The second kappa shape index (κ2) is 14.0. The molecule has 0 spiro atoms. The molecule has 54 heavy (non-hydrogen) atoms. The van der Waals surface area contributed by atoms with Crippen LogP contribution in [0.15, 0.2) is 78.4 Å². The van der Waals surface area contributed by atoms with Crippen molar-refractivity contribution >= 4 is 16.8 Å². The number of ether oxygens (including phenoxy) is 1. The van der Waals surface area contributed by atoms with E-state index in [-0.39, 0.29) is 37.5 Å². The monoisotopic (exact) mass is 785 g/mol. The first kappa shape index (κ1) is 38.4. The summed E-state index contributed by atoms with van der Waals surface area (Å²) in [4.78, 5) is 0. The van der Waals surface area contributed by atoms with Gasteiger partial charge in [-0.3, -0.25) is 0 Å². The third-order valence-corrected chi connectivity index (χ3v) is 12.5. The minimum atomic E-state index is -0.107. The third kappa shape index (κ3) is 6.12. The molecule has 6 aromatic carbocycles. The Morgan fingerprint density at radius 1 is 0.648 bits per heavy atom. The molecule has 2 unspecified atom stereocenters. The van der Waals surface area contributed by atoms with Crippen LogP contribution in [0.2, 0.25) is 0 Å². The van der Waals surface area contributed by atoms with Gasteiger partial charge in [0.15, 0.2) is 0 Å². The number of methoxy groups -OCH3 is 1. The van der Waals surface area contributed by atoms with Gasteiger partial charge in [-0.2, -0.15) is 6.07 Å². The standard InChI is InChI=1S/C52H55O.Zr/c1-28-13-16-36(31(4)21-28)39-19-20-40-41(39)26-44-42(49(40)37-17-14-29(2)22-32(37)5)24-34(7)47(44)48-35(8)25-43-45(48)27-46(52(9,10)11)51(53-12)50(43)38-18-15-30(3)23-33(38)6;/h13-18,21-27,39,47H,19-20H2,1-12H3;/q-1;. The maximum atomic E-state index is 6.40. The molecule has 0 N–H and O–H groups in total. The minimum absolute atomic E-state index is 0. The summed E-state index contributed by atoms with van der Waals surface area (Å²) in [5.74, 6) is 1.57. The Balaban J connectivity index is 0.00000450. The molecule has 1 nitrogen and oxygen atoms in total. The van der Waals surface area contributed by atoms with Crippen LogP contribution in [0.25, 0.3) is 39.1 Å². The van der Waals surface area contributed by atoms with E-state index in [1.807, 2.05) is 7.11 Å². The summed E-state index contributed by atoms with van der Waals surface area (Å²) in [7, 11) is 1.85. The van der Waals surface area contributed by atoms with Gasteiger partial charge in [-0.1, -0.05) is 117 Å². The van der Waals surface area contributed by atoms with Crippen LogP contribution in [-0.2, 0) is 38.0 Å². The molecule has 8 rings (SSSR count). The second-order valence-corrected chi connectivity index (χ2v) is 17.5. The Bertz CT molecular complexity index is 2510. The van der Waals surface area contributed by atoms with Crippen molar-refractivity contribution in [2.75, 3.05) is 7.11 Å². The van der Waals surface area contributed by atoms with E-state index >= 15 is 0 Å². The molecular weight excluding hydrogens is 732 g/mol. The maximum absolute atomic E-state index is 6.40. The van der Waals surface area contributed by atoms with Gasteiger partial charge >= 0.3 is 0 Å². The Morgan fingerprint density at radius 2 is 1.24 bits per heavy atom. The van der Waals surface area contributed by atoms with E-state index in [2.05, 4.69) is 155 Å². The summed E-state index contributed by atoms with van der Waals surface area (Å²) < 4.78 is 6.40. The van der Waals surface area contributed by atoms with Gasteiger partial charge in [0.05, 0.1) is 7.11 Å². The number of hydrogen-bond acceptors (Lipinski definition) is 1. The van der Waals surface area contributed by atoms with E-state index in [1.54, 1.807) is 5.56 Å². The van der Waals surface area contributed by atoms with Crippen LogP contribution in [0, 0.1) is 48.5 Å². The van der Waals surface area contributed by atoms with Crippen LogP contribution in [0.1, 0.15) is 124 Å². The number of hydrogen-bond donors (Lipinski definition) is 0. The van der Waals surface area contributed by atoms with Gasteiger partial charge in [-0.25, -0.2) is 0 Å². The normalized spacial score (nSPS) is 16.3. The summed E-state index contributed by atoms with van der Waals surface area (Å²) in [5, 5.41) is 2.65. The first-order valence-corrected chi connectivity index (χ1v) is 19.6. The molecule has 6 aromatic rings. The van der Waals surface area contributed by atoms with E-state index in [1.165, 1.54) is 111 Å². The van der Waals surface area contributed by atoms with Gasteiger partial charge in [0, 0.05) is 32.1 Å². The SMILES string of the molecule is COc1c(C(C)(C)C)cc2c(cc(C)[c-]2C2C(C)=Cc3c2cc2c(c3-c3ccc(C)cc3C)CCC2c2ccc(C)cc2C)c1-c1ccc(C)cc1C.[Zr]. The summed E-state index contributed by atoms with van der Waals surface area (Å²) >= 11 is 0. The Labute approximate surface area is 343 Å². The first-order chi connectivity index (χ1) is 25.2. The summed E-state index contributed by atoms with van der Waals surface area (Å²) in [6, 6.07) is 28.6. The van der Waals surface area contributed by atoms with Gasteiger partial charge in [-0.05, 0) is 145 Å². The van der Waals surface area contributed by atoms with Crippen LogP contribution >= 0.6 is 0 Å². The summed E-state index contributed by atoms with van der Waals surface area (Å²) in [6.07, 6.45) is 4.80. The maximum Gasteiger partial charge on any atom is 0.111 e. The molecular formula is C52H55OZr-. The van der Waals surface area contributed by atoms with Gasteiger partial charge in [0.2, 0.25) is 0 Å². The molecule has 0 heterocycles. The number of fused-ring (bicyclic) bond motifs is 3. The number of benzene rings is 5. The fraction of sp³-hybridized carbons (Fsp3) is 0.327. The zero-order chi connectivity index (χ0) is 37.7. The number of rotatable bonds is 5. The van der Waals surface area contributed by atoms with Gasteiger partial charge in [0.1, 0.15) is 5.75 Å². The van der Waals surface area contributed by atoms with Crippen LogP contribution < -0.4 is 4.74 Å². The average molecular weight is 787 g/mol. The first-order valence-electron chi connectivity index (χ1n) is 19.6. The quantitative estimate of drug-likeness (QED) is 0.158.